The first kappa shape index (κ1) is 30.9. The van der Waals surface area contributed by atoms with Gasteiger partial charge in [0, 0.05) is 25.4 Å². The van der Waals surface area contributed by atoms with Crippen molar-refractivity contribution in [1.82, 2.24) is 0 Å². The van der Waals surface area contributed by atoms with Gasteiger partial charge in [0.25, 0.3) is 0 Å². The van der Waals surface area contributed by atoms with Crippen LogP contribution in [-0.4, -0.2) is 29.2 Å². The standard InChI is InChI=1S/C31H50F2O3/c1-3-5-6-8-23-9-11-24(12-10-23)13-14-25(21-34)15-18-28(36)19-16-27(22-35)29-20-17-26(7-4-2)30(32)31(29)33/h17,20,23-25,27,34-35H,3-16,18-19,21-22H2,1-2H3. The van der Waals surface area contributed by atoms with Crippen LogP contribution >= 0.6 is 0 Å². The van der Waals surface area contributed by atoms with Crippen LogP contribution < -0.4 is 0 Å². The van der Waals surface area contributed by atoms with Crippen LogP contribution in [0.1, 0.15) is 127 Å². The van der Waals surface area contributed by atoms with Crippen LogP contribution in [0.5, 0.6) is 0 Å². The van der Waals surface area contributed by atoms with Crippen molar-refractivity contribution >= 4 is 5.78 Å². The fourth-order valence-corrected chi connectivity index (χ4v) is 5.84. The number of carbonyl (C=O) groups is 1. The number of halogens is 2. The third kappa shape index (κ3) is 10.2. The first-order valence-corrected chi connectivity index (χ1v) is 14.6. The number of benzene rings is 1. The molecule has 1 aliphatic rings. The van der Waals surface area contributed by atoms with E-state index in [1.54, 1.807) is 12.1 Å². The predicted molar refractivity (Wildman–Crippen MR) is 143 cm³/mol. The summed E-state index contributed by atoms with van der Waals surface area (Å²) < 4.78 is 28.9. The number of aliphatic hydroxyl groups excluding tert-OH is 2. The summed E-state index contributed by atoms with van der Waals surface area (Å²) in [4.78, 5) is 12.5. The molecule has 1 aromatic rings. The van der Waals surface area contributed by atoms with Crippen molar-refractivity contribution in [1.29, 1.82) is 0 Å². The minimum Gasteiger partial charge on any atom is -0.396 e. The molecule has 2 rings (SSSR count). The molecule has 3 nitrogen and oxygen atoms in total. The number of rotatable bonds is 18. The lowest BCUT2D eigenvalue weighted by Crippen LogP contribution is -2.17. The smallest absolute Gasteiger partial charge is 0.162 e. The number of Topliss-reactive ketones (excluding diaryl/α,β-unsaturated/α-hetero) is 1. The van der Waals surface area contributed by atoms with Gasteiger partial charge in [0.1, 0.15) is 5.78 Å². The van der Waals surface area contributed by atoms with Gasteiger partial charge in [-0.3, -0.25) is 4.79 Å². The average Bonchev–Trinajstić information content (AvgIpc) is 2.89. The van der Waals surface area contributed by atoms with Crippen LogP contribution in [0.3, 0.4) is 0 Å². The summed E-state index contributed by atoms with van der Waals surface area (Å²) in [6.07, 6.45) is 15.5. The quantitative estimate of drug-likeness (QED) is 0.198. The van der Waals surface area contributed by atoms with Crippen LogP contribution in [0.25, 0.3) is 0 Å². The normalized spacial score (nSPS) is 19.8. The topological polar surface area (TPSA) is 57.5 Å². The molecule has 0 aromatic heterocycles. The summed E-state index contributed by atoms with van der Waals surface area (Å²) in [6.45, 7) is 3.95. The van der Waals surface area contributed by atoms with Crippen molar-refractivity contribution in [3.8, 4) is 0 Å². The highest BCUT2D eigenvalue weighted by Gasteiger charge is 2.23. The number of hydrogen-bond donors (Lipinski definition) is 2. The molecule has 0 radical (unpaired) electrons. The number of ketones is 1. The Hall–Kier alpha value is -1.33. The minimum absolute atomic E-state index is 0.0583. The molecule has 1 saturated carbocycles. The zero-order valence-electron chi connectivity index (χ0n) is 22.8. The highest BCUT2D eigenvalue weighted by molar-refractivity contribution is 5.78. The van der Waals surface area contributed by atoms with Crippen LogP contribution in [-0.2, 0) is 11.2 Å². The van der Waals surface area contributed by atoms with Crippen molar-refractivity contribution in [3.05, 3.63) is 34.9 Å². The maximum Gasteiger partial charge on any atom is 0.162 e. The monoisotopic (exact) mass is 508 g/mol. The maximum absolute atomic E-state index is 14.6. The second kappa shape index (κ2) is 17.2. The molecule has 1 aromatic carbocycles. The molecule has 0 aliphatic heterocycles. The van der Waals surface area contributed by atoms with E-state index in [0.29, 0.717) is 31.2 Å². The van der Waals surface area contributed by atoms with Gasteiger partial charge in [-0.25, -0.2) is 8.78 Å². The summed E-state index contributed by atoms with van der Waals surface area (Å²) in [5.74, 6) is -0.476. The Labute approximate surface area is 218 Å². The molecule has 5 heteroatoms. The van der Waals surface area contributed by atoms with Gasteiger partial charge in [-0.15, -0.1) is 0 Å². The van der Waals surface area contributed by atoms with Crippen molar-refractivity contribution < 1.29 is 23.8 Å². The van der Waals surface area contributed by atoms with E-state index in [0.717, 1.165) is 31.1 Å². The second-order valence-electron chi connectivity index (χ2n) is 11.2. The molecule has 1 fully saturated rings. The van der Waals surface area contributed by atoms with Crippen molar-refractivity contribution in [3.63, 3.8) is 0 Å². The Balaban J connectivity index is 1.71. The molecule has 0 bridgehead atoms. The third-order valence-electron chi connectivity index (χ3n) is 8.40. The van der Waals surface area contributed by atoms with E-state index in [1.165, 1.54) is 51.4 Å². The molecular formula is C31H50F2O3. The van der Waals surface area contributed by atoms with E-state index in [9.17, 15) is 23.8 Å². The lowest BCUT2D eigenvalue weighted by atomic mass is 9.77. The molecule has 2 N–H and O–H groups in total. The van der Waals surface area contributed by atoms with E-state index in [2.05, 4.69) is 6.92 Å². The fourth-order valence-electron chi connectivity index (χ4n) is 5.84. The maximum atomic E-state index is 14.6. The summed E-state index contributed by atoms with van der Waals surface area (Å²) in [6, 6.07) is 3.14. The molecular weight excluding hydrogens is 458 g/mol. The number of aliphatic hydroxyl groups is 2. The highest BCUT2D eigenvalue weighted by atomic mass is 19.2. The molecule has 1 aliphatic carbocycles. The third-order valence-corrected chi connectivity index (χ3v) is 8.40. The van der Waals surface area contributed by atoms with Gasteiger partial charge in [-0.1, -0.05) is 90.2 Å². The zero-order valence-corrected chi connectivity index (χ0v) is 22.8. The molecule has 2 unspecified atom stereocenters. The molecule has 0 amide bonds. The summed E-state index contributed by atoms with van der Waals surface area (Å²) in [5, 5.41) is 19.6. The SMILES string of the molecule is CCCCCC1CCC(CCC(CO)CCC(=O)CCC(CO)c2ccc(CCC)c(F)c2F)CC1. The zero-order chi connectivity index (χ0) is 26.3. The van der Waals surface area contributed by atoms with E-state index in [1.807, 2.05) is 6.92 Å². The van der Waals surface area contributed by atoms with Gasteiger partial charge in [0.05, 0.1) is 6.61 Å². The van der Waals surface area contributed by atoms with Gasteiger partial charge >= 0.3 is 0 Å². The minimum atomic E-state index is -0.900. The Bertz CT molecular complexity index is 758. The Morgan fingerprint density at radius 1 is 0.861 bits per heavy atom. The number of hydrogen-bond acceptors (Lipinski definition) is 3. The van der Waals surface area contributed by atoms with Crippen LogP contribution in [0, 0.1) is 29.4 Å². The van der Waals surface area contributed by atoms with E-state index >= 15 is 0 Å². The Kier molecular flexibility index (Phi) is 14.8. The van der Waals surface area contributed by atoms with Crippen LogP contribution in [0.15, 0.2) is 12.1 Å². The fraction of sp³-hybridized carbons (Fsp3) is 0.774. The summed E-state index contributed by atoms with van der Waals surface area (Å²) in [5.41, 5.74) is 0.498. The molecule has 206 valence electrons. The van der Waals surface area contributed by atoms with Gasteiger partial charge in [0.2, 0.25) is 0 Å². The van der Waals surface area contributed by atoms with E-state index in [-0.39, 0.29) is 36.9 Å². The lowest BCUT2D eigenvalue weighted by Gasteiger charge is -2.29. The van der Waals surface area contributed by atoms with Crippen molar-refractivity contribution in [2.75, 3.05) is 13.2 Å². The largest absolute Gasteiger partial charge is 0.396 e. The molecule has 0 saturated heterocycles. The van der Waals surface area contributed by atoms with Gasteiger partial charge in [-0.2, -0.15) is 0 Å². The number of unbranched alkanes of at least 4 members (excludes halogenated alkanes) is 2. The lowest BCUT2D eigenvalue weighted by molar-refractivity contribution is -0.119. The first-order chi connectivity index (χ1) is 17.4. The molecule has 0 heterocycles. The summed E-state index contributed by atoms with van der Waals surface area (Å²) >= 11 is 0. The number of carbonyl (C=O) groups excluding carboxylic acids is 1. The molecule has 36 heavy (non-hydrogen) atoms. The van der Waals surface area contributed by atoms with Crippen molar-refractivity contribution in [2.24, 2.45) is 17.8 Å². The summed E-state index contributed by atoms with van der Waals surface area (Å²) in [7, 11) is 0. The Morgan fingerprint density at radius 2 is 1.53 bits per heavy atom. The van der Waals surface area contributed by atoms with Crippen LogP contribution in [0.2, 0.25) is 0 Å². The van der Waals surface area contributed by atoms with Crippen molar-refractivity contribution in [2.45, 2.75) is 122 Å². The van der Waals surface area contributed by atoms with Gasteiger partial charge in [-0.05, 0) is 54.6 Å². The van der Waals surface area contributed by atoms with E-state index in [4.69, 9.17) is 0 Å². The second-order valence-corrected chi connectivity index (χ2v) is 11.2. The number of aryl methyl sites for hydroxylation is 1. The predicted octanol–water partition coefficient (Wildman–Crippen LogP) is 7.90. The average molecular weight is 509 g/mol. The highest BCUT2D eigenvalue weighted by Crippen LogP contribution is 2.35. The van der Waals surface area contributed by atoms with Gasteiger partial charge < -0.3 is 10.2 Å². The first-order valence-electron chi connectivity index (χ1n) is 14.6. The van der Waals surface area contributed by atoms with Gasteiger partial charge in [0.15, 0.2) is 11.6 Å². The Morgan fingerprint density at radius 3 is 2.14 bits per heavy atom. The molecule has 0 spiro atoms. The van der Waals surface area contributed by atoms with Crippen LogP contribution in [0.4, 0.5) is 8.78 Å². The van der Waals surface area contributed by atoms with E-state index < -0.39 is 17.6 Å². The molecule has 2 atom stereocenters.